The molecule has 0 aliphatic carbocycles. The number of nitrogens with zero attached hydrogens (tertiary/aromatic N) is 1. The van der Waals surface area contributed by atoms with Gasteiger partial charge in [0, 0.05) is 9.90 Å². The van der Waals surface area contributed by atoms with Crippen molar-refractivity contribution in [3.63, 3.8) is 0 Å². The Morgan fingerprint density at radius 1 is 1.33 bits per heavy atom. The van der Waals surface area contributed by atoms with Crippen molar-refractivity contribution in [1.82, 2.24) is 0 Å². The van der Waals surface area contributed by atoms with Crippen molar-refractivity contribution in [2.24, 2.45) is 5.18 Å². The molecule has 1 aliphatic rings. The van der Waals surface area contributed by atoms with E-state index in [1.54, 1.807) is 23.5 Å². The second kappa shape index (κ2) is 6.23. The monoisotopic (exact) mass is 323 g/mol. The first-order chi connectivity index (χ1) is 10.2. The Bertz CT molecular complexity index is 652. The van der Waals surface area contributed by atoms with Crippen LogP contribution in [0, 0.1) is 11.8 Å². The van der Waals surface area contributed by atoms with Gasteiger partial charge in [0.05, 0.1) is 18.1 Å². The minimum Gasteiger partial charge on any atom is -0.345 e. The van der Waals surface area contributed by atoms with Gasteiger partial charge in [-0.25, -0.2) is 0 Å². The molecular weight excluding hydrogens is 310 g/mol. The van der Waals surface area contributed by atoms with Crippen LogP contribution in [0.2, 0.25) is 5.02 Å². The molecule has 6 heteroatoms. The first-order valence-corrected chi connectivity index (χ1v) is 7.80. The predicted octanol–water partition coefficient (Wildman–Crippen LogP) is 4.61. The standard InChI is InChI=1S/C15H14ClNO3S/c1-9-12(8-13(21-9)15-19-5-6-20-15)14(17-18)10-3-2-4-11(16)7-10/h2-4,7-8,14-15H,5-6H2,1H3. The molecule has 3 rings (SSSR count). The Balaban J connectivity index is 1.95. The van der Waals surface area contributed by atoms with Crippen molar-refractivity contribution >= 4 is 22.9 Å². The fourth-order valence-corrected chi connectivity index (χ4v) is 3.66. The molecule has 1 aromatic carbocycles. The minimum atomic E-state index is -0.560. The van der Waals surface area contributed by atoms with E-state index in [2.05, 4.69) is 5.18 Å². The summed E-state index contributed by atoms with van der Waals surface area (Å²) in [6.07, 6.45) is -0.325. The normalized spacial score (nSPS) is 17.0. The van der Waals surface area contributed by atoms with Crippen LogP contribution in [0.15, 0.2) is 35.5 Å². The van der Waals surface area contributed by atoms with Crippen LogP contribution >= 0.6 is 22.9 Å². The maximum Gasteiger partial charge on any atom is 0.193 e. The molecule has 2 aromatic rings. The fraction of sp³-hybridized carbons (Fsp3) is 0.333. The zero-order valence-electron chi connectivity index (χ0n) is 11.4. The maximum atomic E-state index is 11.3. The van der Waals surface area contributed by atoms with Gasteiger partial charge < -0.3 is 9.47 Å². The van der Waals surface area contributed by atoms with Gasteiger partial charge in [-0.1, -0.05) is 28.9 Å². The molecule has 0 N–H and O–H groups in total. The van der Waals surface area contributed by atoms with Gasteiger partial charge in [0.25, 0.3) is 0 Å². The van der Waals surface area contributed by atoms with E-state index in [4.69, 9.17) is 21.1 Å². The van der Waals surface area contributed by atoms with Gasteiger partial charge in [-0.05, 0) is 36.2 Å². The van der Waals surface area contributed by atoms with Crippen LogP contribution in [0.3, 0.4) is 0 Å². The molecule has 1 saturated heterocycles. The number of benzene rings is 1. The largest absolute Gasteiger partial charge is 0.345 e. The van der Waals surface area contributed by atoms with Crippen molar-refractivity contribution in [3.8, 4) is 0 Å². The molecule has 0 amide bonds. The molecule has 4 nitrogen and oxygen atoms in total. The number of nitroso groups, excluding NO2 is 1. The van der Waals surface area contributed by atoms with Crippen LogP contribution < -0.4 is 0 Å². The molecule has 0 bridgehead atoms. The lowest BCUT2D eigenvalue weighted by atomic mass is 10.00. The van der Waals surface area contributed by atoms with Crippen molar-refractivity contribution in [2.75, 3.05) is 13.2 Å². The molecule has 0 radical (unpaired) electrons. The summed E-state index contributed by atoms with van der Waals surface area (Å²) in [5.41, 5.74) is 1.67. The van der Waals surface area contributed by atoms with Crippen LogP contribution in [-0.4, -0.2) is 13.2 Å². The molecule has 0 saturated carbocycles. The Kier molecular flexibility index (Phi) is 4.35. The Labute approximate surface area is 131 Å². The highest BCUT2D eigenvalue weighted by molar-refractivity contribution is 7.12. The highest BCUT2D eigenvalue weighted by Gasteiger charge is 2.25. The molecule has 1 fully saturated rings. The van der Waals surface area contributed by atoms with Crippen molar-refractivity contribution in [2.45, 2.75) is 19.3 Å². The molecule has 1 atom stereocenters. The molecule has 0 spiro atoms. The van der Waals surface area contributed by atoms with Crippen LogP contribution in [0.1, 0.15) is 33.2 Å². The topological polar surface area (TPSA) is 47.9 Å². The first-order valence-electron chi connectivity index (χ1n) is 6.60. The second-order valence-electron chi connectivity index (χ2n) is 4.80. The smallest absolute Gasteiger partial charge is 0.193 e. The summed E-state index contributed by atoms with van der Waals surface area (Å²) in [5.74, 6) is 0. The highest BCUT2D eigenvalue weighted by atomic mass is 35.5. The average molecular weight is 324 g/mol. The van der Waals surface area contributed by atoms with Crippen LogP contribution in [0.25, 0.3) is 0 Å². The molecule has 21 heavy (non-hydrogen) atoms. The number of ether oxygens (including phenoxy) is 2. The lowest BCUT2D eigenvalue weighted by Gasteiger charge is -2.09. The minimum absolute atomic E-state index is 0.325. The number of hydrogen-bond donors (Lipinski definition) is 0. The van der Waals surface area contributed by atoms with Gasteiger partial charge in [-0.2, -0.15) is 0 Å². The van der Waals surface area contributed by atoms with Gasteiger partial charge >= 0.3 is 0 Å². The number of thiophene rings is 1. The van der Waals surface area contributed by atoms with Gasteiger partial charge in [0.1, 0.15) is 6.04 Å². The van der Waals surface area contributed by atoms with Gasteiger partial charge in [-0.3, -0.25) is 0 Å². The summed E-state index contributed by atoms with van der Waals surface area (Å²) in [6, 6.07) is 8.61. The SMILES string of the molecule is Cc1sc(C2OCCO2)cc1C(N=O)c1cccc(Cl)c1. The van der Waals surface area contributed by atoms with Crippen LogP contribution in [0.5, 0.6) is 0 Å². The van der Waals surface area contributed by atoms with Crippen molar-refractivity contribution in [1.29, 1.82) is 0 Å². The quantitative estimate of drug-likeness (QED) is 0.772. The Morgan fingerprint density at radius 3 is 2.76 bits per heavy atom. The third-order valence-corrected chi connectivity index (χ3v) is 4.72. The lowest BCUT2D eigenvalue weighted by molar-refractivity contribution is -0.0413. The Morgan fingerprint density at radius 2 is 2.10 bits per heavy atom. The van der Waals surface area contributed by atoms with E-state index >= 15 is 0 Å². The number of halogens is 1. The molecule has 1 unspecified atom stereocenters. The molecule has 1 aromatic heterocycles. The van der Waals surface area contributed by atoms with Crippen molar-refractivity contribution in [3.05, 3.63) is 61.1 Å². The molecule has 110 valence electrons. The highest BCUT2D eigenvalue weighted by Crippen LogP contribution is 2.38. The van der Waals surface area contributed by atoms with Crippen LogP contribution in [0.4, 0.5) is 0 Å². The van der Waals surface area contributed by atoms with Crippen molar-refractivity contribution < 1.29 is 9.47 Å². The average Bonchev–Trinajstić information content (AvgIpc) is 3.10. The van der Waals surface area contributed by atoms with E-state index in [0.29, 0.717) is 18.2 Å². The van der Waals surface area contributed by atoms with Gasteiger partial charge in [-0.15, -0.1) is 16.2 Å². The van der Waals surface area contributed by atoms with E-state index in [1.807, 2.05) is 25.1 Å². The van der Waals surface area contributed by atoms with Gasteiger partial charge in [0.2, 0.25) is 0 Å². The summed E-state index contributed by atoms with van der Waals surface area (Å²) < 4.78 is 11.0. The lowest BCUT2D eigenvalue weighted by Crippen LogP contribution is -1.98. The third kappa shape index (κ3) is 3.01. The zero-order chi connectivity index (χ0) is 14.8. The number of rotatable bonds is 4. The van der Waals surface area contributed by atoms with Gasteiger partial charge in [0.15, 0.2) is 6.29 Å². The first kappa shape index (κ1) is 14.7. The summed E-state index contributed by atoms with van der Waals surface area (Å²) >= 11 is 7.57. The maximum absolute atomic E-state index is 11.3. The second-order valence-corrected chi connectivity index (χ2v) is 6.52. The van der Waals surface area contributed by atoms with E-state index in [-0.39, 0.29) is 6.29 Å². The fourth-order valence-electron chi connectivity index (χ4n) is 2.40. The molecule has 2 heterocycles. The van der Waals surface area contributed by atoms with E-state index in [1.165, 1.54) is 0 Å². The summed E-state index contributed by atoms with van der Waals surface area (Å²) in [6.45, 7) is 3.17. The molecule has 1 aliphatic heterocycles. The summed E-state index contributed by atoms with van der Waals surface area (Å²) in [5, 5.41) is 3.88. The summed E-state index contributed by atoms with van der Waals surface area (Å²) in [7, 11) is 0. The van der Waals surface area contributed by atoms with E-state index in [9.17, 15) is 4.91 Å². The number of hydrogen-bond acceptors (Lipinski definition) is 5. The predicted molar refractivity (Wildman–Crippen MR) is 82.8 cm³/mol. The molecular formula is C15H14ClNO3S. The van der Waals surface area contributed by atoms with Crippen LogP contribution in [-0.2, 0) is 9.47 Å². The van der Waals surface area contributed by atoms with E-state index in [0.717, 1.165) is 20.9 Å². The third-order valence-electron chi connectivity index (χ3n) is 3.39. The Hall–Kier alpha value is -1.27. The summed E-state index contributed by atoms with van der Waals surface area (Å²) in [4.78, 5) is 13.4. The van der Waals surface area contributed by atoms with E-state index < -0.39 is 6.04 Å². The number of aryl methyl sites for hydroxylation is 1. The zero-order valence-corrected chi connectivity index (χ0v) is 13.0.